The Hall–Kier alpha value is -1.96. The molecule has 2 rings (SSSR count). The molecule has 1 aromatic carbocycles. The summed E-state index contributed by atoms with van der Waals surface area (Å²) >= 11 is 1.61. The van der Waals surface area contributed by atoms with Crippen LogP contribution in [0.3, 0.4) is 0 Å². The third-order valence-corrected chi connectivity index (χ3v) is 5.97. The van der Waals surface area contributed by atoms with Gasteiger partial charge in [-0.1, -0.05) is 6.08 Å². The normalized spacial score (nSPS) is 11.2. The van der Waals surface area contributed by atoms with Crippen molar-refractivity contribution < 1.29 is 13.2 Å². The molecule has 24 heavy (non-hydrogen) atoms. The van der Waals surface area contributed by atoms with Crippen LogP contribution in [-0.4, -0.2) is 32.8 Å². The number of nitrogens with one attached hydrogen (secondary N) is 1. The molecular formula is C17H20N2O3S2. The Kier molecular flexibility index (Phi) is 5.93. The van der Waals surface area contributed by atoms with E-state index in [-0.39, 0.29) is 17.3 Å². The minimum Gasteiger partial charge on any atom is -0.337 e. The van der Waals surface area contributed by atoms with Crippen molar-refractivity contribution >= 4 is 27.3 Å². The monoisotopic (exact) mass is 364 g/mol. The third-order valence-electron chi connectivity index (χ3n) is 3.52. The second-order valence-electron chi connectivity index (χ2n) is 5.35. The van der Waals surface area contributed by atoms with Crippen LogP contribution in [-0.2, 0) is 16.6 Å². The molecule has 0 unspecified atom stereocenters. The Balaban J connectivity index is 2.11. The number of sulfonamides is 1. The molecule has 0 bridgehead atoms. The largest absolute Gasteiger partial charge is 0.337 e. The molecule has 0 fully saturated rings. The summed E-state index contributed by atoms with van der Waals surface area (Å²) in [4.78, 5) is 15.4. The van der Waals surface area contributed by atoms with E-state index in [9.17, 15) is 13.2 Å². The molecule has 0 aliphatic heterocycles. The van der Waals surface area contributed by atoms with E-state index in [1.165, 1.54) is 30.3 Å². The topological polar surface area (TPSA) is 66.5 Å². The van der Waals surface area contributed by atoms with Crippen molar-refractivity contribution in [2.24, 2.45) is 0 Å². The summed E-state index contributed by atoms with van der Waals surface area (Å²) in [5.41, 5.74) is 1.61. The van der Waals surface area contributed by atoms with Crippen molar-refractivity contribution in [3.05, 3.63) is 64.4 Å². The van der Waals surface area contributed by atoms with E-state index in [1.54, 1.807) is 23.3 Å². The first-order valence-corrected chi connectivity index (χ1v) is 9.70. The molecule has 0 atom stereocenters. The first-order valence-electron chi connectivity index (χ1n) is 7.34. The molecule has 128 valence electrons. The molecule has 0 aliphatic carbocycles. The number of hydrogen-bond donors (Lipinski definition) is 1. The summed E-state index contributed by atoms with van der Waals surface area (Å²) < 4.78 is 26.4. The average molecular weight is 364 g/mol. The van der Waals surface area contributed by atoms with Gasteiger partial charge in [0.05, 0.1) is 11.4 Å². The summed E-state index contributed by atoms with van der Waals surface area (Å²) in [6, 6.07) is 7.95. The molecule has 7 heteroatoms. The summed E-state index contributed by atoms with van der Waals surface area (Å²) in [5, 5.41) is 2.00. The third kappa shape index (κ3) is 4.31. The van der Waals surface area contributed by atoms with E-state index >= 15 is 0 Å². The maximum absolute atomic E-state index is 12.5. The smallest absolute Gasteiger partial charge is 0.253 e. The van der Waals surface area contributed by atoms with Gasteiger partial charge in [0.15, 0.2) is 0 Å². The highest BCUT2D eigenvalue weighted by Crippen LogP contribution is 2.19. The van der Waals surface area contributed by atoms with E-state index in [2.05, 4.69) is 11.3 Å². The fourth-order valence-electron chi connectivity index (χ4n) is 2.10. The lowest BCUT2D eigenvalue weighted by Crippen LogP contribution is -2.26. The predicted octanol–water partition coefficient (Wildman–Crippen LogP) is 2.79. The molecule has 1 amide bonds. The van der Waals surface area contributed by atoms with Gasteiger partial charge in [-0.15, -0.1) is 17.9 Å². The van der Waals surface area contributed by atoms with Gasteiger partial charge >= 0.3 is 0 Å². The first kappa shape index (κ1) is 18.4. The number of hydrogen-bond acceptors (Lipinski definition) is 4. The summed E-state index contributed by atoms with van der Waals surface area (Å²) in [7, 11) is -1.84. The standard InChI is InChI=1S/C17H20N2O3S2/c1-4-10-18-24(21,22)15-7-5-14(6-8-15)17(20)19(3)12-16-13(2)9-11-23-16/h4-9,11,18H,1,10,12H2,2-3H3. The number of carbonyl (C=O) groups is 1. The van der Waals surface area contributed by atoms with Crippen LogP contribution in [0.1, 0.15) is 20.8 Å². The SMILES string of the molecule is C=CCNS(=O)(=O)c1ccc(C(=O)N(C)Cc2sccc2C)cc1. The molecule has 1 N–H and O–H groups in total. The van der Waals surface area contributed by atoms with Crippen LogP contribution in [0.15, 0.2) is 53.3 Å². The van der Waals surface area contributed by atoms with Gasteiger partial charge in [-0.25, -0.2) is 13.1 Å². The Morgan fingerprint density at radius 2 is 1.96 bits per heavy atom. The van der Waals surface area contributed by atoms with Crippen molar-refractivity contribution in [2.45, 2.75) is 18.4 Å². The predicted molar refractivity (Wildman–Crippen MR) is 96.7 cm³/mol. The first-order chi connectivity index (χ1) is 11.3. The van der Waals surface area contributed by atoms with Gasteiger partial charge in [0.1, 0.15) is 0 Å². The van der Waals surface area contributed by atoms with Gasteiger partial charge in [-0.05, 0) is 48.2 Å². The molecule has 1 heterocycles. The second-order valence-corrected chi connectivity index (χ2v) is 8.12. The maximum atomic E-state index is 12.5. The lowest BCUT2D eigenvalue weighted by atomic mass is 10.2. The molecule has 2 aromatic rings. The fourth-order valence-corrected chi connectivity index (χ4v) is 4.06. The Bertz CT molecular complexity index is 824. The summed E-state index contributed by atoms with van der Waals surface area (Å²) in [5.74, 6) is -0.147. The van der Waals surface area contributed by atoms with Crippen LogP contribution in [0, 0.1) is 6.92 Å². The quantitative estimate of drug-likeness (QED) is 0.768. The molecule has 5 nitrogen and oxygen atoms in total. The van der Waals surface area contributed by atoms with Crippen molar-refractivity contribution in [3.8, 4) is 0 Å². The minimum atomic E-state index is -3.58. The minimum absolute atomic E-state index is 0.123. The van der Waals surface area contributed by atoms with E-state index in [1.807, 2.05) is 18.4 Å². The Morgan fingerprint density at radius 1 is 1.29 bits per heavy atom. The van der Waals surface area contributed by atoms with E-state index in [0.717, 1.165) is 10.4 Å². The van der Waals surface area contributed by atoms with Crippen LogP contribution in [0.25, 0.3) is 0 Å². The molecule has 0 saturated heterocycles. The Labute approximate surface area is 146 Å². The average Bonchev–Trinajstić information content (AvgIpc) is 2.97. The molecule has 0 spiro atoms. The highest BCUT2D eigenvalue weighted by atomic mass is 32.2. The Morgan fingerprint density at radius 3 is 2.50 bits per heavy atom. The molecule has 1 aromatic heterocycles. The van der Waals surface area contributed by atoms with Crippen LogP contribution >= 0.6 is 11.3 Å². The van der Waals surface area contributed by atoms with E-state index in [0.29, 0.717) is 12.1 Å². The lowest BCUT2D eigenvalue weighted by Gasteiger charge is -2.17. The van der Waals surface area contributed by atoms with Gasteiger partial charge in [-0.2, -0.15) is 0 Å². The van der Waals surface area contributed by atoms with Crippen molar-refractivity contribution in [3.63, 3.8) is 0 Å². The number of nitrogens with zero attached hydrogens (tertiary/aromatic N) is 1. The maximum Gasteiger partial charge on any atom is 0.253 e. The van der Waals surface area contributed by atoms with Gasteiger partial charge in [0.25, 0.3) is 5.91 Å². The van der Waals surface area contributed by atoms with Crippen molar-refractivity contribution in [1.82, 2.24) is 9.62 Å². The van der Waals surface area contributed by atoms with E-state index < -0.39 is 10.0 Å². The lowest BCUT2D eigenvalue weighted by molar-refractivity contribution is 0.0786. The zero-order valence-corrected chi connectivity index (χ0v) is 15.3. The molecular weight excluding hydrogens is 344 g/mol. The number of thiophene rings is 1. The van der Waals surface area contributed by atoms with Crippen molar-refractivity contribution in [2.75, 3.05) is 13.6 Å². The summed E-state index contributed by atoms with van der Waals surface area (Å²) in [6.07, 6.45) is 1.47. The van der Waals surface area contributed by atoms with Gasteiger partial charge in [0.2, 0.25) is 10.0 Å². The van der Waals surface area contributed by atoms with Crippen LogP contribution in [0.2, 0.25) is 0 Å². The van der Waals surface area contributed by atoms with Gasteiger partial charge < -0.3 is 4.90 Å². The molecule has 0 radical (unpaired) electrons. The van der Waals surface area contributed by atoms with Crippen molar-refractivity contribution in [1.29, 1.82) is 0 Å². The highest BCUT2D eigenvalue weighted by molar-refractivity contribution is 7.89. The van der Waals surface area contributed by atoms with Gasteiger partial charge in [-0.3, -0.25) is 4.79 Å². The number of carbonyl (C=O) groups excluding carboxylic acids is 1. The zero-order valence-electron chi connectivity index (χ0n) is 13.7. The molecule has 0 aliphatic rings. The number of rotatable bonds is 7. The van der Waals surface area contributed by atoms with Gasteiger partial charge in [0, 0.05) is 24.0 Å². The van der Waals surface area contributed by atoms with Crippen LogP contribution < -0.4 is 4.72 Å². The number of aryl methyl sites for hydroxylation is 1. The highest BCUT2D eigenvalue weighted by Gasteiger charge is 2.16. The number of benzene rings is 1. The van der Waals surface area contributed by atoms with Crippen LogP contribution in [0.4, 0.5) is 0 Å². The summed E-state index contributed by atoms with van der Waals surface area (Å²) in [6.45, 7) is 6.18. The van der Waals surface area contributed by atoms with E-state index in [4.69, 9.17) is 0 Å². The fraction of sp³-hybridized carbons (Fsp3) is 0.235. The molecule has 0 saturated carbocycles. The number of amides is 1. The second kappa shape index (κ2) is 7.74. The van der Waals surface area contributed by atoms with Crippen LogP contribution in [0.5, 0.6) is 0 Å². The zero-order chi connectivity index (χ0) is 17.7.